The molecule has 1 aromatic rings. The number of nitrogens with zero attached hydrogens (tertiary/aromatic N) is 3. The summed E-state index contributed by atoms with van der Waals surface area (Å²) in [5.74, 6) is 2.30. The first-order valence-corrected chi connectivity index (χ1v) is 7.70. The largest absolute Gasteiger partial charge is 0.353 e. The van der Waals surface area contributed by atoms with Crippen LogP contribution in [0, 0.1) is 12.8 Å². The topological polar surface area (TPSA) is 33.1 Å². The highest BCUT2D eigenvalue weighted by Crippen LogP contribution is 2.39. The predicted octanol–water partition coefficient (Wildman–Crippen LogP) is 2.22. The van der Waals surface area contributed by atoms with E-state index in [1.165, 1.54) is 49.3 Å². The van der Waals surface area contributed by atoms with Crippen molar-refractivity contribution in [3.63, 3.8) is 0 Å². The Bertz CT molecular complexity index is 443. The highest BCUT2D eigenvalue weighted by atomic mass is 15.4. The lowest BCUT2D eigenvalue weighted by Crippen LogP contribution is -2.31. The number of hydrogen-bond donors (Lipinski definition) is 1. The molecule has 1 N–H and O–H groups in total. The van der Waals surface area contributed by atoms with E-state index in [0.717, 1.165) is 25.0 Å². The number of aryl methyl sites for hydroxylation is 2. The van der Waals surface area contributed by atoms with Crippen molar-refractivity contribution in [1.82, 2.24) is 15.1 Å². The SMILES string of the molecule is CCNCc1c(C)nn(C)c1N(CC1CC1)C1CC1. The van der Waals surface area contributed by atoms with E-state index in [4.69, 9.17) is 0 Å². The van der Waals surface area contributed by atoms with Gasteiger partial charge in [0.15, 0.2) is 0 Å². The molecule has 3 rings (SSSR count). The van der Waals surface area contributed by atoms with Gasteiger partial charge in [0, 0.05) is 31.7 Å². The van der Waals surface area contributed by atoms with E-state index >= 15 is 0 Å². The summed E-state index contributed by atoms with van der Waals surface area (Å²) in [7, 11) is 2.10. The molecule has 0 radical (unpaired) electrons. The Morgan fingerprint density at radius 1 is 1.32 bits per heavy atom. The minimum atomic E-state index is 0.774. The summed E-state index contributed by atoms with van der Waals surface area (Å²) in [6.07, 6.45) is 5.56. The molecule has 2 aliphatic rings. The lowest BCUT2D eigenvalue weighted by molar-refractivity contribution is 0.654. The van der Waals surface area contributed by atoms with E-state index in [0.29, 0.717) is 0 Å². The molecule has 1 aromatic heterocycles. The zero-order chi connectivity index (χ0) is 13.4. The Balaban J connectivity index is 1.86. The van der Waals surface area contributed by atoms with Gasteiger partial charge in [-0.3, -0.25) is 4.68 Å². The van der Waals surface area contributed by atoms with E-state index in [1.54, 1.807) is 0 Å². The summed E-state index contributed by atoms with van der Waals surface area (Å²) in [6, 6.07) is 0.774. The van der Waals surface area contributed by atoms with E-state index in [1.807, 2.05) is 0 Å². The average Bonchev–Trinajstić information content (AvgIpc) is 3.25. The molecule has 106 valence electrons. The fraction of sp³-hybridized carbons (Fsp3) is 0.800. The van der Waals surface area contributed by atoms with Crippen molar-refractivity contribution in [2.24, 2.45) is 13.0 Å². The first-order chi connectivity index (χ1) is 9.20. The van der Waals surface area contributed by atoms with Gasteiger partial charge in [0.25, 0.3) is 0 Å². The van der Waals surface area contributed by atoms with Crippen LogP contribution in [0.15, 0.2) is 0 Å². The van der Waals surface area contributed by atoms with E-state index in [2.05, 4.69) is 40.9 Å². The van der Waals surface area contributed by atoms with Crippen molar-refractivity contribution in [3.8, 4) is 0 Å². The number of aromatic nitrogens is 2. The summed E-state index contributed by atoms with van der Waals surface area (Å²) in [4.78, 5) is 2.64. The maximum absolute atomic E-state index is 4.66. The van der Waals surface area contributed by atoms with Crippen molar-refractivity contribution in [3.05, 3.63) is 11.3 Å². The third-order valence-corrected chi connectivity index (χ3v) is 4.28. The van der Waals surface area contributed by atoms with Gasteiger partial charge in [0.1, 0.15) is 5.82 Å². The number of anilines is 1. The van der Waals surface area contributed by atoms with E-state index in [9.17, 15) is 0 Å². The molecule has 2 fully saturated rings. The second-order valence-corrected chi connectivity index (χ2v) is 6.12. The normalized spacial score (nSPS) is 18.9. The van der Waals surface area contributed by atoms with Gasteiger partial charge in [-0.15, -0.1) is 0 Å². The Hall–Kier alpha value is -1.03. The number of nitrogens with one attached hydrogen (secondary N) is 1. The molecule has 0 spiro atoms. The minimum absolute atomic E-state index is 0.774. The lowest BCUT2D eigenvalue weighted by atomic mass is 10.2. The van der Waals surface area contributed by atoms with Crippen LogP contribution in [0.3, 0.4) is 0 Å². The van der Waals surface area contributed by atoms with Crippen molar-refractivity contribution < 1.29 is 0 Å². The molecule has 0 saturated heterocycles. The molecule has 2 aliphatic carbocycles. The summed E-state index contributed by atoms with van der Waals surface area (Å²) in [5.41, 5.74) is 2.58. The molecule has 0 aromatic carbocycles. The van der Waals surface area contributed by atoms with Crippen LogP contribution < -0.4 is 10.2 Å². The lowest BCUT2D eigenvalue weighted by Gasteiger charge is -2.26. The van der Waals surface area contributed by atoms with Gasteiger partial charge in [-0.1, -0.05) is 6.92 Å². The number of hydrogen-bond acceptors (Lipinski definition) is 3. The molecular weight excluding hydrogens is 236 g/mol. The van der Waals surface area contributed by atoms with E-state index < -0.39 is 0 Å². The Kier molecular flexibility index (Phi) is 3.52. The van der Waals surface area contributed by atoms with Gasteiger partial charge in [-0.2, -0.15) is 5.10 Å². The second kappa shape index (κ2) is 5.16. The quantitative estimate of drug-likeness (QED) is 0.818. The maximum atomic E-state index is 4.66. The zero-order valence-electron chi connectivity index (χ0n) is 12.4. The molecular formula is C15H26N4. The molecule has 2 saturated carbocycles. The van der Waals surface area contributed by atoms with Crippen molar-refractivity contribution >= 4 is 5.82 Å². The molecule has 0 aliphatic heterocycles. The molecule has 4 nitrogen and oxygen atoms in total. The van der Waals surface area contributed by atoms with Gasteiger partial charge in [-0.25, -0.2) is 0 Å². The van der Waals surface area contributed by atoms with Crippen molar-refractivity contribution in [1.29, 1.82) is 0 Å². The average molecular weight is 262 g/mol. The van der Waals surface area contributed by atoms with Crippen LogP contribution in [0.4, 0.5) is 5.82 Å². The highest BCUT2D eigenvalue weighted by Gasteiger charge is 2.36. The van der Waals surface area contributed by atoms with Crippen LogP contribution in [0.1, 0.15) is 43.9 Å². The fourth-order valence-electron chi connectivity index (χ4n) is 2.88. The molecule has 0 bridgehead atoms. The monoisotopic (exact) mass is 262 g/mol. The summed E-state index contributed by atoms with van der Waals surface area (Å²) >= 11 is 0. The van der Waals surface area contributed by atoms with Gasteiger partial charge in [0.2, 0.25) is 0 Å². The third kappa shape index (κ3) is 2.78. The van der Waals surface area contributed by atoms with Crippen LogP contribution in [0.5, 0.6) is 0 Å². The third-order valence-electron chi connectivity index (χ3n) is 4.28. The zero-order valence-corrected chi connectivity index (χ0v) is 12.4. The number of rotatable bonds is 7. The van der Waals surface area contributed by atoms with Crippen LogP contribution in [0.2, 0.25) is 0 Å². The Morgan fingerprint density at radius 3 is 2.63 bits per heavy atom. The van der Waals surface area contributed by atoms with Gasteiger partial charge in [0.05, 0.1) is 5.69 Å². The summed E-state index contributed by atoms with van der Waals surface area (Å²) in [5, 5.41) is 8.12. The molecule has 0 unspecified atom stereocenters. The Labute approximate surface area is 116 Å². The first kappa shape index (κ1) is 13.0. The first-order valence-electron chi connectivity index (χ1n) is 7.70. The van der Waals surface area contributed by atoms with Crippen LogP contribution in [-0.2, 0) is 13.6 Å². The second-order valence-electron chi connectivity index (χ2n) is 6.12. The van der Waals surface area contributed by atoms with Gasteiger partial charge < -0.3 is 10.2 Å². The molecule has 4 heteroatoms. The smallest absolute Gasteiger partial charge is 0.131 e. The fourth-order valence-corrected chi connectivity index (χ4v) is 2.88. The molecule has 0 atom stereocenters. The van der Waals surface area contributed by atoms with Gasteiger partial charge >= 0.3 is 0 Å². The van der Waals surface area contributed by atoms with Gasteiger partial charge in [-0.05, 0) is 45.1 Å². The van der Waals surface area contributed by atoms with Crippen molar-refractivity contribution in [2.75, 3.05) is 18.0 Å². The van der Waals surface area contributed by atoms with Crippen molar-refractivity contribution in [2.45, 2.75) is 52.1 Å². The van der Waals surface area contributed by atoms with Crippen LogP contribution in [-0.4, -0.2) is 28.9 Å². The standard InChI is InChI=1S/C15H26N4/c1-4-16-9-14-11(2)17-18(3)15(14)19(13-7-8-13)10-12-5-6-12/h12-13,16H,4-10H2,1-3H3. The molecule has 19 heavy (non-hydrogen) atoms. The maximum Gasteiger partial charge on any atom is 0.131 e. The summed E-state index contributed by atoms with van der Waals surface area (Å²) < 4.78 is 2.10. The summed E-state index contributed by atoms with van der Waals surface area (Å²) in [6.45, 7) is 7.49. The van der Waals surface area contributed by atoms with E-state index in [-0.39, 0.29) is 0 Å². The van der Waals surface area contributed by atoms with Crippen LogP contribution in [0.25, 0.3) is 0 Å². The minimum Gasteiger partial charge on any atom is -0.353 e. The van der Waals surface area contributed by atoms with Crippen LogP contribution >= 0.6 is 0 Å². The predicted molar refractivity (Wildman–Crippen MR) is 78.4 cm³/mol. The molecule has 0 amide bonds. The molecule has 1 heterocycles. The Morgan fingerprint density at radius 2 is 2.05 bits per heavy atom. The highest BCUT2D eigenvalue weighted by molar-refractivity contribution is 5.52.